The molecule has 1 heterocycles. The van der Waals surface area contributed by atoms with Crippen LogP contribution in [0.2, 0.25) is 0 Å². The molecule has 0 bridgehead atoms. The summed E-state index contributed by atoms with van der Waals surface area (Å²) in [7, 11) is 0. The van der Waals surface area contributed by atoms with Gasteiger partial charge in [-0.05, 0) is 24.8 Å². The van der Waals surface area contributed by atoms with Gasteiger partial charge in [0.15, 0.2) is 0 Å². The second-order valence-electron chi connectivity index (χ2n) is 3.97. The molecule has 1 atom stereocenters. The van der Waals surface area contributed by atoms with Gasteiger partial charge in [0.25, 0.3) is 0 Å². The maximum absolute atomic E-state index is 5.46. The summed E-state index contributed by atoms with van der Waals surface area (Å²) in [5.74, 6) is 6.80. The summed E-state index contributed by atoms with van der Waals surface area (Å²) in [6.45, 7) is 6.27. The number of nitrogens with two attached hydrogens (primary N) is 1. The summed E-state index contributed by atoms with van der Waals surface area (Å²) in [6, 6.07) is 0.0515. The molecule has 0 spiro atoms. The third kappa shape index (κ3) is 3.05. The fourth-order valence-electron chi connectivity index (χ4n) is 1.30. The number of nitrogens with zero attached hydrogens (tertiary/aromatic N) is 2. The molecule has 4 heteroatoms. The van der Waals surface area contributed by atoms with Crippen LogP contribution >= 0.6 is 0 Å². The first-order valence-corrected chi connectivity index (χ1v) is 4.88. The zero-order valence-corrected chi connectivity index (χ0v) is 8.99. The maximum atomic E-state index is 5.46. The molecule has 78 valence electrons. The van der Waals surface area contributed by atoms with Crippen molar-refractivity contribution in [3.8, 4) is 0 Å². The van der Waals surface area contributed by atoms with Crippen molar-refractivity contribution in [2.24, 2.45) is 11.8 Å². The summed E-state index contributed by atoms with van der Waals surface area (Å²) < 4.78 is 0. The Kier molecular flexibility index (Phi) is 3.98. The van der Waals surface area contributed by atoms with E-state index in [4.69, 9.17) is 5.84 Å². The van der Waals surface area contributed by atoms with Crippen LogP contribution in [0.3, 0.4) is 0 Å². The quantitative estimate of drug-likeness (QED) is 0.560. The average Bonchev–Trinajstić information content (AvgIpc) is 2.15. The van der Waals surface area contributed by atoms with Crippen molar-refractivity contribution in [2.75, 3.05) is 0 Å². The van der Waals surface area contributed by atoms with Crippen LogP contribution in [-0.2, 0) is 0 Å². The summed E-state index contributed by atoms with van der Waals surface area (Å²) >= 11 is 0. The lowest BCUT2D eigenvalue weighted by Gasteiger charge is -2.16. The van der Waals surface area contributed by atoms with Crippen molar-refractivity contribution in [1.82, 2.24) is 15.4 Å². The molecule has 4 nitrogen and oxygen atoms in total. The van der Waals surface area contributed by atoms with Gasteiger partial charge in [-0.15, -0.1) is 0 Å². The molecule has 0 radical (unpaired) electrons. The van der Waals surface area contributed by atoms with Crippen LogP contribution in [0.15, 0.2) is 12.4 Å². The van der Waals surface area contributed by atoms with Crippen molar-refractivity contribution in [3.63, 3.8) is 0 Å². The van der Waals surface area contributed by atoms with E-state index in [-0.39, 0.29) is 6.04 Å². The monoisotopic (exact) mass is 194 g/mol. The standard InChI is InChI=1S/C10H18N4/c1-7(2)4-9(14-11)10-12-5-8(3)6-13-10/h5-7,9,14H,4,11H2,1-3H3. The lowest BCUT2D eigenvalue weighted by atomic mass is 10.0. The molecule has 1 rings (SSSR count). The minimum Gasteiger partial charge on any atom is -0.271 e. The highest BCUT2D eigenvalue weighted by Crippen LogP contribution is 2.16. The zero-order valence-electron chi connectivity index (χ0n) is 8.99. The van der Waals surface area contributed by atoms with Crippen LogP contribution in [0.1, 0.15) is 37.7 Å². The van der Waals surface area contributed by atoms with Crippen LogP contribution in [0, 0.1) is 12.8 Å². The van der Waals surface area contributed by atoms with Gasteiger partial charge in [-0.1, -0.05) is 13.8 Å². The Bertz CT molecular complexity index is 268. The molecule has 0 aliphatic carbocycles. The molecule has 3 N–H and O–H groups in total. The lowest BCUT2D eigenvalue weighted by molar-refractivity contribution is 0.421. The Labute approximate surface area is 84.9 Å². The molecule has 1 aromatic heterocycles. The number of hydrazine groups is 1. The van der Waals surface area contributed by atoms with E-state index in [9.17, 15) is 0 Å². The molecule has 0 saturated carbocycles. The summed E-state index contributed by atoms with van der Waals surface area (Å²) in [4.78, 5) is 8.50. The molecule has 0 amide bonds. The van der Waals surface area contributed by atoms with Crippen molar-refractivity contribution in [3.05, 3.63) is 23.8 Å². The van der Waals surface area contributed by atoms with E-state index in [1.807, 2.05) is 19.3 Å². The van der Waals surface area contributed by atoms with Gasteiger partial charge in [-0.3, -0.25) is 5.84 Å². The van der Waals surface area contributed by atoms with Crippen LogP contribution in [0.5, 0.6) is 0 Å². The molecular formula is C10H18N4. The van der Waals surface area contributed by atoms with Crippen molar-refractivity contribution < 1.29 is 0 Å². The predicted molar refractivity (Wildman–Crippen MR) is 56.3 cm³/mol. The number of nitrogens with one attached hydrogen (secondary N) is 1. The fourth-order valence-corrected chi connectivity index (χ4v) is 1.30. The number of rotatable bonds is 4. The minimum absolute atomic E-state index is 0.0515. The van der Waals surface area contributed by atoms with E-state index in [2.05, 4.69) is 29.2 Å². The van der Waals surface area contributed by atoms with Gasteiger partial charge >= 0.3 is 0 Å². The van der Waals surface area contributed by atoms with Crippen LogP contribution in [0.25, 0.3) is 0 Å². The van der Waals surface area contributed by atoms with E-state index < -0.39 is 0 Å². The highest BCUT2D eigenvalue weighted by atomic mass is 15.2. The van der Waals surface area contributed by atoms with Gasteiger partial charge in [0.2, 0.25) is 0 Å². The Morgan fingerprint density at radius 2 is 1.93 bits per heavy atom. The minimum atomic E-state index is 0.0515. The van der Waals surface area contributed by atoms with Gasteiger partial charge in [-0.25, -0.2) is 15.4 Å². The highest BCUT2D eigenvalue weighted by Gasteiger charge is 2.13. The number of hydrogen-bond acceptors (Lipinski definition) is 4. The predicted octanol–water partition coefficient (Wildman–Crippen LogP) is 1.34. The Balaban J connectivity index is 2.73. The third-order valence-corrected chi connectivity index (χ3v) is 2.02. The second-order valence-corrected chi connectivity index (χ2v) is 3.97. The van der Waals surface area contributed by atoms with Gasteiger partial charge in [0.1, 0.15) is 5.82 Å². The first-order valence-electron chi connectivity index (χ1n) is 4.88. The van der Waals surface area contributed by atoms with E-state index in [1.54, 1.807) is 0 Å². The van der Waals surface area contributed by atoms with Gasteiger partial charge in [0, 0.05) is 12.4 Å². The van der Waals surface area contributed by atoms with Crippen LogP contribution in [-0.4, -0.2) is 9.97 Å². The molecule has 0 aromatic carbocycles. The second kappa shape index (κ2) is 5.02. The van der Waals surface area contributed by atoms with Gasteiger partial charge in [-0.2, -0.15) is 0 Å². The molecule has 1 unspecified atom stereocenters. The van der Waals surface area contributed by atoms with E-state index >= 15 is 0 Å². The lowest BCUT2D eigenvalue weighted by Crippen LogP contribution is -2.30. The van der Waals surface area contributed by atoms with Crippen LogP contribution < -0.4 is 11.3 Å². The first-order chi connectivity index (χ1) is 6.63. The molecule has 0 aliphatic rings. The maximum Gasteiger partial charge on any atom is 0.146 e. The van der Waals surface area contributed by atoms with E-state index in [0.717, 1.165) is 17.8 Å². The van der Waals surface area contributed by atoms with E-state index in [1.165, 1.54) is 0 Å². The Morgan fingerprint density at radius 3 is 2.36 bits per heavy atom. The molecule has 0 fully saturated rings. The SMILES string of the molecule is Cc1cnc(C(CC(C)C)NN)nc1. The average molecular weight is 194 g/mol. The molecule has 14 heavy (non-hydrogen) atoms. The summed E-state index contributed by atoms with van der Waals surface area (Å²) in [5.41, 5.74) is 3.81. The number of aryl methyl sites for hydroxylation is 1. The van der Waals surface area contributed by atoms with Crippen molar-refractivity contribution in [1.29, 1.82) is 0 Å². The molecule has 0 saturated heterocycles. The largest absolute Gasteiger partial charge is 0.271 e. The molecule has 0 aliphatic heterocycles. The molecular weight excluding hydrogens is 176 g/mol. The third-order valence-electron chi connectivity index (χ3n) is 2.02. The first kappa shape index (κ1) is 11.1. The number of hydrogen-bond donors (Lipinski definition) is 2. The normalized spacial score (nSPS) is 13.2. The molecule has 1 aromatic rings. The summed E-state index contributed by atoms with van der Waals surface area (Å²) in [5, 5.41) is 0. The highest BCUT2D eigenvalue weighted by molar-refractivity contribution is 5.04. The fraction of sp³-hybridized carbons (Fsp3) is 0.600. The van der Waals surface area contributed by atoms with E-state index in [0.29, 0.717) is 5.92 Å². The smallest absolute Gasteiger partial charge is 0.146 e. The van der Waals surface area contributed by atoms with Gasteiger partial charge < -0.3 is 0 Å². The summed E-state index contributed by atoms with van der Waals surface area (Å²) in [6.07, 6.45) is 4.57. The van der Waals surface area contributed by atoms with Crippen LogP contribution in [0.4, 0.5) is 0 Å². The van der Waals surface area contributed by atoms with Crippen molar-refractivity contribution in [2.45, 2.75) is 33.2 Å². The Hall–Kier alpha value is -1.00. The Morgan fingerprint density at radius 1 is 1.36 bits per heavy atom. The number of aromatic nitrogens is 2. The van der Waals surface area contributed by atoms with Crippen molar-refractivity contribution >= 4 is 0 Å². The van der Waals surface area contributed by atoms with Gasteiger partial charge in [0.05, 0.1) is 6.04 Å². The zero-order chi connectivity index (χ0) is 10.6. The topological polar surface area (TPSA) is 63.8 Å².